The molecule has 1 aliphatic rings. The summed E-state index contributed by atoms with van der Waals surface area (Å²) >= 11 is 0. The highest BCUT2D eigenvalue weighted by Gasteiger charge is 2.42. The van der Waals surface area contributed by atoms with Crippen molar-refractivity contribution in [3.05, 3.63) is 42.0 Å². The molecule has 2 unspecified atom stereocenters. The lowest BCUT2D eigenvalue weighted by molar-refractivity contribution is -0.138. The van der Waals surface area contributed by atoms with Gasteiger partial charge in [0, 0.05) is 12.2 Å². The fraction of sp³-hybridized carbons (Fsp3) is 0.312. The second-order valence-electron chi connectivity index (χ2n) is 5.39. The predicted octanol–water partition coefficient (Wildman–Crippen LogP) is 3.28. The maximum absolute atomic E-state index is 10.8. The normalized spacial score (nSPS) is 21.3. The number of rotatable bonds is 4. The van der Waals surface area contributed by atoms with Gasteiger partial charge in [-0.05, 0) is 42.2 Å². The van der Waals surface area contributed by atoms with Crippen LogP contribution in [0.3, 0.4) is 0 Å². The number of carbonyl (C=O) groups is 1. The number of fused-ring (bicyclic) bond motifs is 1. The highest BCUT2D eigenvalue weighted by atomic mass is 16.4. The molecular weight excluding hydrogens is 238 g/mol. The van der Waals surface area contributed by atoms with E-state index in [1.54, 1.807) is 0 Å². The van der Waals surface area contributed by atoms with E-state index in [4.69, 9.17) is 5.11 Å². The van der Waals surface area contributed by atoms with Gasteiger partial charge in [-0.2, -0.15) is 0 Å². The second-order valence-corrected chi connectivity index (χ2v) is 5.39. The minimum absolute atomic E-state index is 0.143. The first-order chi connectivity index (χ1) is 9.13. The molecule has 1 saturated carbocycles. The van der Waals surface area contributed by atoms with Crippen LogP contribution >= 0.6 is 0 Å². The van der Waals surface area contributed by atoms with Gasteiger partial charge in [-0.1, -0.05) is 29.8 Å². The van der Waals surface area contributed by atoms with Gasteiger partial charge in [0.1, 0.15) is 0 Å². The number of hydrogen-bond donors (Lipinski definition) is 2. The summed E-state index contributed by atoms with van der Waals surface area (Å²) in [5.41, 5.74) is 2.32. The number of carboxylic acids is 1. The molecule has 19 heavy (non-hydrogen) atoms. The maximum atomic E-state index is 10.8. The van der Waals surface area contributed by atoms with Gasteiger partial charge in [-0.15, -0.1) is 0 Å². The molecule has 0 heterocycles. The molecule has 2 atom stereocenters. The Morgan fingerprint density at radius 2 is 2.00 bits per heavy atom. The number of benzene rings is 2. The molecule has 0 aliphatic heterocycles. The average molecular weight is 255 g/mol. The Balaban J connectivity index is 1.69. The Bertz CT molecular complexity index is 636. The summed E-state index contributed by atoms with van der Waals surface area (Å²) in [6.07, 6.45) is 0.801. The van der Waals surface area contributed by atoms with E-state index in [2.05, 4.69) is 48.6 Å². The monoisotopic (exact) mass is 255 g/mol. The first-order valence-electron chi connectivity index (χ1n) is 6.60. The fourth-order valence-electron chi connectivity index (χ4n) is 2.50. The van der Waals surface area contributed by atoms with Crippen LogP contribution < -0.4 is 5.32 Å². The molecular formula is C16H17NO2. The number of carboxylic acid groups (broad SMARTS) is 1. The van der Waals surface area contributed by atoms with Crippen molar-refractivity contribution in [2.45, 2.75) is 13.3 Å². The van der Waals surface area contributed by atoms with Crippen molar-refractivity contribution in [3.63, 3.8) is 0 Å². The molecule has 0 radical (unpaired) electrons. The summed E-state index contributed by atoms with van der Waals surface area (Å²) in [6, 6.07) is 12.7. The van der Waals surface area contributed by atoms with Crippen molar-refractivity contribution in [1.29, 1.82) is 0 Å². The summed E-state index contributed by atoms with van der Waals surface area (Å²) in [5.74, 6) is -0.525. The van der Waals surface area contributed by atoms with Crippen LogP contribution in [0.15, 0.2) is 36.4 Å². The van der Waals surface area contributed by atoms with Crippen LogP contribution in [0.1, 0.15) is 12.0 Å². The first kappa shape index (κ1) is 12.0. The molecule has 0 amide bonds. The Kier molecular flexibility index (Phi) is 2.90. The van der Waals surface area contributed by atoms with Gasteiger partial charge in [0.2, 0.25) is 0 Å². The Morgan fingerprint density at radius 3 is 2.74 bits per heavy atom. The molecule has 2 aromatic rings. The molecule has 3 nitrogen and oxygen atoms in total. The third-order valence-corrected chi connectivity index (χ3v) is 3.80. The topological polar surface area (TPSA) is 49.3 Å². The number of anilines is 1. The molecule has 3 heteroatoms. The zero-order chi connectivity index (χ0) is 13.4. The van der Waals surface area contributed by atoms with Crippen LogP contribution in [-0.4, -0.2) is 17.6 Å². The van der Waals surface area contributed by atoms with Gasteiger partial charge in [-0.3, -0.25) is 4.79 Å². The molecule has 2 N–H and O–H groups in total. The van der Waals surface area contributed by atoms with Crippen molar-refractivity contribution >= 4 is 22.4 Å². The van der Waals surface area contributed by atoms with E-state index < -0.39 is 5.97 Å². The summed E-state index contributed by atoms with van der Waals surface area (Å²) in [5, 5.41) is 14.6. The van der Waals surface area contributed by atoms with Gasteiger partial charge in [0.15, 0.2) is 0 Å². The molecule has 2 aromatic carbocycles. The van der Waals surface area contributed by atoms with Gasteiger partial charge >= 0.3 is 5.97 Å². The molecule has 98 valence electrons. The first-order valence-corrected chi connectivity index (χ1v) is 6.60. The smallest absolute Gasteiger partial charge is 0.306 e. The zero-order valence-corrected chi connectivity index (χ0v) is 10.9. The van der Waals surface area contributed by atoms with Crippen LogP contribution in [0.4, 0.5) is 5.69 Å². The van der Waals surface area contributed by atoms with Gasteiger partial charge in [0.25, 0.3) is 0 Å². The second kappa shape index (κ2) is 4.57. The maximum Gasteiger partial charge on any atom is 0.306 e. The predicted molar refractivity (Wildman–Crippen MR) is 76.4 cm³/mol. The van der Waals surface area contributed by atoms with Crippen LogP contribution in [0.25, 0.3) is 10.8 Å². The van der Waals surface area contributed by atoms with Crippen LogP contribution in [0, 0.1) is 18.8 Å². The standard InChI is InChI=1S/C16H17NO2/c1-10-2-3-12-7-14(5-4-11(12)6-10)17-9-13-8-15(13)16(18)19/h2-7,13,15,17H,8-9H2,1H3,(H,18,19). The third-order valence-electron chi connectivity index (χ3n) is 3.80. The molecule has 0 saturated heterocycles. The summed E-state index contributed by atoms with van der Waals surface area (Å²) in [6.45, 7) is 2.83. The number of aryl methyl sites for hydroxylation is 1. The summed E-state index contributed by atoms with van der Waals surface area (Å²) in [4.78, 5) is 10.8. The molecule has 3 rings (SSSR count). The van der Waals surface area contributed by atoms with Crippen molar-refractivity contribution in [1.82, 2.24) is 0 Å². The van der Waals surface area contributed by atoms with E-state index in [9.17, 15) is 4.79 Å². The van der Waals surface area contributed by atoms with Gasteiger partial charge in [0.05, 0.1) is 5.92 Å². The highest BCUT2D eigenvalue weighted by molar-refractivity contribution is 5.86. The van der Waals surface area contributed by atoms with E-state index in [1.807, 2.05) is 0 Å². The van der Waals surface area contributed by atoms with Crippen molar-refractivity contribution in [2.75, 3.05) is 11.9 Å². The lowest BCUT2D eigenvalue weighted by Crippen LogP contribution is -2.08. The zero-order valence-electron chi connectivity index (χ0n) is 10.9. The van der Waals surface area contributed by atoms with Crippen LogP contribution in [0.5, 0.6) is 0 Å². The van der Waals surface area contributed by atoms with E-state index in [0.717, 1.165) is 18.7 Å². The largest absolute Gasteiger partial charge is 0.481 e. The Morgan fingerprint density at radius 1 is 1.26 bits per heavy atom. The lowest BCUT2D eigenvalue weighted by Gasteiger charge is -2.07. The quantitative estimate of drug-likeness (QED) is 0.881. The van der Waals surface area contributed by atoms with E-state index >= 15 is 0 Å². The van der Waals surface area contributed by atoms with Gasteiger partial charge < -0.3 is 10.4 Å². The SMILES string of the molecule is Cc1ccc2cc(NCC3CC3C(=O)O)ccc2c1. The van der Waals surface area contributed by atoms with E-state index in [0.29, 0.717) is 0 Å². The highest BCUT2D eigenvalue weighted by Crippen LogP contribution is 2.38. The Hall–Kier alpha value is -2.03. The average Bonchev–Trinajstić information content (AvgIpc) is 3.16. The van der Waals surface area contributed by atoms with E-state index in [-0.39, 0.29) is 11.8 Å². The van der Waals surface area contributed by atoms with Crippen molar-refractivity contribution in [3.8, 4) is 0 Å². The fourth-order valence-corrected chi connectivity index (χ4v) is 2.50. The number of hydrogen-bond acceptors (Lipinski definition) is 2. The minimum atomic E-state index is -0.666. The molecule has 1 aliphatic carbocycles. The van der Waals surface area contributed by atoms with Crippen LogP contribution in [-0.2, 0) is 4.79 Å². The van der Waals surface area contributed by atoms with Crippen LogP contribution in [0.2, 0.25) is 0 Å². The molecule has 0 bridgehead atoms. The van der Waals surface area contributed by atoms with Crippen molar-refractivity contribution in [2.24, 2.45) is 11.8 Å². The third kappa shape index (κ3) is 2.55. The summed E-state index contributed by atoms with van der Waals surface area (Å²) < 4.78 is 0. The summed E-state index contributed by atoms with van der Waals surface area (Å²) in [7, 11) is 0. The Labute approximate surface area is 112 Å². The number of nitrogens with one attached hydrogen (secondary N) is 1. The molecule has 1 fully saturated rings. The molecule has 0 aromatic heterocycles. The van der Waals surface area contributed by atoms with Gasteiger partial charge in [-0.25, -0.2) is 0 Å². The minimum Gasteiger partial charge on any atom is -0.481 e. The van der Waals surface area contributed by atoms with Crippen molar-refractivity contribution < 1.29 is 9.90 Å². The molecule has 0 spiro atoms. The lowest BCUT2D eigenvalue weighted by atomic mass is 10.1. The number of aliphatic carboxylic acids is 1. The van der Waals surface area contributed by atoms with E-state index in [1.165, 1.54) is 16.3 Å².